The first-order chi connectivity index (χ1) is 6.94. The fourth-order valence-electron chi connectivity index (χ4n) is 0.916. The minimum Gasteiger partial charge on any atom is -0.316 e. The Morgan fingerprint density at radius 1 is 1.27 bits per heavy atom. The molecule has 92 valence electrons. The van der Waals surface area contributed by atoms with E-state index in [1.807, 2.05) is 20.1 Å². The summed E-state index contributed by atoms with van der Waals surface area (Å²) in [7, 11) is -3.16. The smallest absolute Gasteiger partial charge is 0.215 e. The van der Waals surface area contributed by atoms with Crippen LogP contribution in [0.2, 0.25) is 0 Å². The minimum absolute atomic E-state index is 0.311. The van der Waals surface area contributed by atoms with E-state index in [-0.39, 0.29) is 5.25 Å². The highest BCUT2D eigenvalue weighted by Crippen LogP contribution is 2.04. The second-order valence-corrected chi connectivity index (χ2v) is 7.02. The molecule has 0 saturated carbocycles. The summed E-state index contributed by atoms with van der Waals surface area (Å²) in [6.45, 7) is 7.47. The molecule has 4 nitrogen and oxygen atoms in total. The SMILES string of the molecule is CCNCC(C)S(=O)(=O)NCC(C)SC. The maximum atomic E-state index is 11.7. The Morgan fingerprint density at radius 2 is 1.87 bits per heavy atom. The van der Waals surface area contributed by atoms with Crippen LogP contribution in [0.5, 0.6) is 0 Å². The van der Waals surface area contributed by atoms with Crippen LogP contribution in [-0.4, -0.2) is 44.8 Å². The normalized spacial score (nSPS) is 16.3. The predicted molar refractivity (Wildman–Crippen MR) is 67.9 cm³/mol. The van der Waals surface area contributed by atoms with Gasteiger partial charge in [-0.25, -0.2) is 13.1 Å². The monoisotopic (exact) mass is 254 g/mol. The molecule has 0 aromatic heterocycles. The summed E-state index contributed by atoms with van der Waals surface area (Å²) in [5.74, 6) is 0. The van der Waals surface area contributed by atoms with Crippen LogP contribution in [-0.2, 0) is 10.0 Å². The Labute approximate surface area is 97.6 Å². The molecule has 0 aliphatic carbocycles. The topological polar surface area (TPSA) is 58.2 Å². The highest BCUT2D eigenvalue weighted by molar-refractivity contribution is 7.99. The maximum Gasteiger partial charge on any atom is 0.215 e. The predicted octanol–water partition coefficient (Wildman–Crippen LogP) is 0.655. The van der Waals surface area contributed by atoms with Gasteiger partial charge in [0.05, 0.1) is 5.25 Å². The molecule has 0 heterocycles. The molecule has 2 atom stereocenters. The molecule has 0 spiro atoms. The molecule has 0 aliphatic rings. The molecule has 0 aromatic carbocycles. The van der Waals surface area contributed by atoms with Crippen molar-refractivity contribution in [1.29, 1.82) is 0 Å². The number of nitrogens with one attached hydrogen (secondary N) is 2. The van der Waals surface area contributed by atoms with Gasteiger partial charge in [-0.15, -0.1) is 0 Å². The van der Waals surface area contributed by atoms with Crippen molar-refractivity contribution in [2.24, 2.45) is 0 Å². The van der Waals surface area contributed by atoms with Crippen molar-refractivity contribution >= 4 is 21.8 Å². The molecule has 0 aliphatic heterocycles. The van der Waals surface area contributed by atoms with Crippen molar-refractivity contribution in [2.75, 3.05) is 25.9 Å². The Bertz CT molecular complexity index is 255. The Hall–Kier alpha value is 0.220. The molecule has 0 aromatic rings. The van der Waals surface area contributed by atoms with Crippen molar-refractivity contribution in [3.05, 3.63) is 0 Å². The van der Waals surface area contributed by atoms with Gasteiger partial charge in [-0.1, -0.05) is 13.8 Å². The average Bonchev–Trinajstić information content (AvgIpc) is 2.22. The van der Waals surface area contributed by atoms with Crippen LogP contribution in [0.1, 0.15) is 20.8 Å². The van der Waals surface area contributed by atoms with E-state index in [2.05, 4.69) is 10.0 Å². The van der Waals surface area contributed by atoms with E-state index >= 15 is 0 Å². The number of hydrogen-bond donors (Lipinski definition) is 2. The van der Waals surface area contributed by atoms with Crippen LogP contribution in [0.3, 0.4) is 0 Å². The number of thioether (sulfide) groups is 1. The van der Waals surface area contributed by atoms with E-state index in [0.29, 0.717) is 18.3 Å². The summed E-state index contributed by atoms with van der Waals surface area (Å²) in [5, 5.41) is 2.96. The lowest BCUT2D eigenvalue weighted by atomic mass is 10.5. The zero-order valence-corrected chi connectivity index (χ0v) is 11.5. The van der Waals surface area contributed by atoms with E-state index in [1.165, 1.54) is 0 Å². The van der Waals surface area contributed by atoms with Crippen molar-refractivity contribution in [2.45, 2.75) is 31.3 Å². The summed E-state index contributed by atoms with van der Waals surface area (Å²) >= 11 is 1.65. The Balaban J connectivity index is 4.05. The second kappa shape index (κ2) is 7.49. The first-order valence-corrected chi connectivity index (χ1v) is 7.99. The van der Waals surface area contributed by atoms with E-state index in [1.54, 1.807) is 18.7 Å². The number of rotatable bonds is 8. The van der Waals surface area contributed by atoms with Gasteiger partial charge >= 0.3 is 0 Å². The van der Waals surface area contributed by atoms with Gasteiger partial charge in [-0.2, -0.15) is 11.8 Å². The molecule has 2 unspecified atom stereocenters. The minimum atomic E-state index is -3.16. The molecule has 15 heavy (non-hydrogen) atoms. The van der Waals surface area contributed by atoms with E-state index in [4.69, 9.17) is 0 Å². The summed E-state index contributed by atoms with van der Waals surface area (Å²) < 4.78 is 26.0. The van der Waals surface area contributed by atoms with Gasteiger partial charge in [0.1, 0.15) is 0 Å². The van der Waals surface area contributed by atoms with Crippen molar-refractivity contribution in [1.82, 2.24) is 10.0 Å². The molecular formula is C9H22N2O2S2. The first kappa shape index (κ1) is 15.2. The quantitative estimate of drug-likeness (QED) is 0.668. The second-order valence-electron chi connectivity index (χ2n) is 3.56. The fourth-order valence-corrected chi connectivity index (χ4v) is 2.38. The molecule has 0 fully saturated rings. The standard InChI is InChI=1S/C9H22N2O2S2/c1-5-10-7-9(3)15(12,13)11-6-8(2)14-4/h8-11H,5-7H2,1-4H3. The number of hydrogen-bond acceptors (Lipinski definition) is 4. The largest absolute Gasteiger partial charge is 0.316 e. The van der Waals surface area contributed by atoms with E-state index in [0.717, 1.165) is 6.54 Å². The summed E-state index contributed by atoms with van der Waals surface area (Å²) in [6.07, 6.45) is 1.97. The van der Waals surface area contributed by atoms with Crippen LogP contribution in [0.25, 0.3) is 0 Å². The van der Waals surface area contributed by atoms with Gasteiger partial charge in [0.25, 0.3) is 0 Å². The molecule has 2 N–H and O–H groups in total. The Kier molecular flexibility index (Phi) is 7.60. The average molecular weight is 254 g/mol. The van der Waals surface area contributed by atoms with Gasteiger partial charge in [0, 0.05) is 18.3 Å². The third-order valence-electron chi connectivity index (χ3n) is 2.19. The van der Waals surface area contributed by atoms with Gasteiger partial charge < -0.3 is 5.32 Å². The molecule has 0 rings (SSSR count). The van der Waals surface area contributed by atoms with Crippen molar-refractivity contribution in [3.8, 4) is 0 Å². The molecule has 0 amide bonds. The zero-order valence-electron chi connectivity index (χ0n) is 9.91. The third kappa shape index (κ3) is 6.40. The molecule has 6 heteroatoms. The third-order valence-corrected chi connectivity index (χ3v) is 4.95. The Morgan fingerprint density at radius 3 is 2.33 bits per heavy atom. The van der Waals surface area contributed by atoms with Crippen LogP contribution in [0, 0.1) is 0 Å². The molecule has 0 bridgehead atoms. The van der Waals surface area contributed by atoms with Gasteiger partial charge in [-0.3, -0.25) is 0 Å². The van der Waals surface area contributed by atoms with Gasteiger partial charge in [-0.05, 0) is 19.7 Å². The molecule has 0 radical (unpaired) electrons. The fraction of sp³-hybridized carbons (Fsp3) is 1.00. The van der Waals surface area contributed by atoms with E-state index in [9.17, 15) is 8.42 Å². The maximum absolute atomic E-state index is 11.7. The molecule has 0 saturated heterocycles. The van der Waals surface area contributed by atoms with Crippen LogP contribution in [0.4, 0.5) is 0 Å². The van der Waals surface area contributed by atoms with Crippen molar-refractivity contribution in [3.63, 3.8) is 0 Å². The van der Waals surface area contributed by atoms with E-state index < -0.39 is 10.0 Å². The lowest BCUT2D eigenvalue weighted by Gasteiger charge is -2.16. The lowest BCUT2D eigenvalue weighted by Crippen LogP contribution is -2.40. The first-order valence-electron chi connectivity index (χ1n) is 5.16. The van der Waals surface area contributed by atoms with Gasteiger partial charge in [0.2, 0.25) is 10.0 Å². The summed E-state index contributed by atoms with van der Waals surface area (Å²) in [6, 6.07) is 0. The van der Waals surface area contributed by atoms with Crippen LogP contribution < -0.4 is 10.0 Å². The summed E-state index contributed by atoms with van der Waals surface area (Å²) in [4.78, 5) is 0. The van der Waals surface area contributed by atoms with Gasteiger partial charge in [0.15, 0.2) is 0 Å². The van der Waals surface area contributed by atoms with Crippen LogP contribution in [0.15, 0.2) is 0 Å². The highest BCUT2D eigenvalue weighted by Gasteiger charge is 2.20. The lowest BCUT2D eigenvalue weighted by molar-refractivity contribution is 0.560. The highest BCUT2D eigenvalue weighted by atomic mass is 32.2. The van der Waals surface area contributed by atoms with Crippen LogP contribution >= 0.6 is 11.8 Å². The molecular weight excluding hydrogens is 232 g/mol. The van der Waals surface area contributed by atoms with Crippen molar-refractivity contribution < 1.29 is 8.42 Å². The zero-order chi connectivity index (χ0) is 11.9. The number of sulfonamides is 1. The summed E-state index contributed by atoms with van der Waals surface area (Å²) in [5.41, 5.74) is 0.